The standard InChI is InChI=1S/C14H24N2O5/c1-4-6-21-7-5-15-13(19)9-14(20)16-12(11(3)18)8-10(2)17/h12H,4-9H2,1-3H3,(H,15,19)(H,16,20). The molecule has 0 aliphatic rings. The second-order valence-electron chi connectivity index (χ2n) is 4.78. The molecule has 1 atom stereocenters. The van der Waals surface area contributed by atoms with Gasteiger partial charge in [-0.2, -0.15) is 0 Å². The second kappa shape index (κ2) is 11.0. The van der Waals surface area contributed by atoms with E-state index in [1.807, 2.05) is 6.92 Å². The third-order valence-electron chi connectivity index (χ3n) is 2.56. The summed E-state index contributed by atoms with van der Waals surface area (Å²) in [6.07, 6.45) is 0.460. The Morgan fingerprint density at radius 1 is 1.05 bits per heavy atom. The molecule has 0 radical (unpaired) electrons. The van der Waals surface area contributed by atoms with E-state index in [0.717, 1.165) is 6.42 Å². The summed E-state index contributed by atoms with van der Waals surface area (Å²) < 4.78 is 5.18. The highest BCUT2D eigenvalue weighted by atomic mass is 16.5. The van der Waals surface area contributed by atoms with Crippen molar-refractivity contribution in [2.24, 2.45) is 0 Å². The Morgan fingerprint density at radius 2 is 1.71 bits per heavy atom. The Bertz CT molecular complexity index is 382. The molecule has 0 aromatic heterocycles. The van der Waals surface area contributed by atoms with Crippen molar-refractivity contribution in [2.75, 3.05) is 19.8 Å². The van der Waals surface area contributed by atoms with Crippen LogP contribution < -0.4 is 10.6 Å². The number of hydrogen-bond donors (Lipinski definition) is 2. The van der Waals surface area contributed by atoms with E-state index in [0.29, 0.717) is 19.8 Å². The van der Waals surface area contributed by atoms with Crippen LogP contribution in [0.5, 0.6) is 0 Å². The average Bonchev–Trinajstić information content (AvgIpc) is 2.36. The maximum absolute atomic E-state index is 11.6. The van der Waals surface area contributed by atoms with E-state index in [1.54, 1.807) is 0 Å². The molecule has 1 unspecified atom stereocenters. The molecule has 0 fully saturated rings. The van der Waals surface area contributed by atoms with E-state index in [1.165, 1.54) is 13.8 Å². The summed E-state index contributed by atoms with van der Waals surface area (Å²) in [5.41, 5.74) is 0. The van der Waals surface area contributed by atoms with Crippen molar-refractivity contribution >= 4 is 23.4 Å². The molecule has 0 spiro atoms. The molecule has 120 valence electrons. The fraction of sp³-hybridized carbons (Fsp3) is 0.714. The van der Waals surface area contributed by atoms with Gasteiger partial charge in [0.2, 0.25) is 11.8 Å². The maximum atomic E-state index is 11.6. The van der Waals surface area contributed by atoms with Crippen LogP contribution in [0.15, 0.2) is 0 Å². The summed E-state index contributed by atoms with van der Waals surface area (Å²) >= 11 is 0. The number of hydrogen-bond acceptors (Lipinski definition) is 5. The molecule has 2 amide bonds. The van der Waals surface area contributed by atoms with Crippen molar-refractivity contribution in [1.82, 2.24) is 10.6 Å². The quantitative estimate of drug-likeness (QED) is 0.412. The smallest absolute Gasteiger partial charge is 0.230 e. The molecule has 0 aromatic rings. The number of ketones is 2. The number of carbonyl (C=O) groups excluding carboxylic acids is 4. The highest BCUT2D eigenvalue weighted by Gasteiger charge is 2.20. The topological polar surface area (TPSA) is 102 Å². The van der Waals surface area contributed by atoms with Gasteiger partial charge in [-0.15, -0.1) is 0 Å². The minimum atomic E-state index is -0.865. The predicted octanol–water partition coefficient (Wildman–Crippen LogP) is -0.0278. The zero-order chi connectivity index (χ0) is 16.3. The zero-order valence-corrected chi connectivity index (χ0v) is 12.9. The average molecular weight is 300 g/mol. The summed E-state index contributed by atoms with van der Waals surface area (Å²) in [7, 11) is 0. The van der Waals surface area contributed by atoms with Gasteiger partial charge in [0.15, 0.2) is 5.78 Å². The van der Waals surface area contributed by atoms with Crippen LogP contribution in [0.1, 0.15) is 40.0 Å². The Morgan fingerprint density at radius 3 is 2.24 bits per heavy atom. The number of ether oxygens (including phenoxy) is 1. The van der Waals surface area contributed by atoms with Gasteiger partial charge in [0.25, 0.3) is 0 Å². The molecule has 21 heavy (non-hydrogen) atoms. The molecule has 0 bridgehead atoms. The van der Waals surface area contributed by atoms with Gasteiger partial charge < -0.3 is 15.4 Å². The van der Waals surface area contributed by atoms with Crippen LogP contribution in [0.3, 0.4) is 0 Å². The van der Waals surface area contributed by atoms with Gasteiger partial charge in [-0.25, -0.2) is 0 Å². The lowest BCUT2D eigenvalue weighted by atomic mass is 10.1. The SMILES string of the molecule is CCCOCCNC(=O)CC(=O)NC(CC(C)=O)C(C)=O. The first-order valence-corrected chi connectivity index (χ1v) is 7.00. The maximum Gasteiger partial charge on any atom is 0.230 e. The summed E-state index contributed by atoms with van der Waals surface area (Å²) in [4.78, 5) is 45.4. The summed E-state index contributed by atoms with van der Waals surface area (Å²) in [5.74, 6) is -1.54. The van der Waals surface area contributed by atoms with Gasteiger partial charge in [0.05, 0.1) is 12.6 Å². The number of nitrogens with one attached hydrogen (secondary N) is 2. The molecule has 0 heterocycles. The molecule has 0 aromatic carbocycles. The monoisotopic (exact) mass is 300 g/mol. The van der Waals surface area contributed by atoms with Gasteiger partial charge in [0, 0.05) is 19.6 Å². The van der Waals surface area contributed by atoms with Crippen molar-refractivity contribution < 1.29 is 23.9 Å². The zero-order valence-electron chi connectivity index (χ0n) is 12.9. The normalized spacial score (nSPS) is 11.6. The van der Waals surface area contributed by atoms with Crippen molar-refractivity contribution in [3.05, 3.63) is 0 Å². The third-order valence-corrected chi connectivity index (χ3v) is 2.56. The lowest BCUT2D eigenvalue weighted by Crippen LogP contribution is -2.43. The molecule has 0 rings (SSSR count). The molecular formula is C14H24N2O5. The predicted molar refractivity (Wildman–Crippen MR) is 76.6 cm³/mol. The van der Waals surface area contributed by atoms with Crippen LogP contribution in [0.2, 0.25) is 0 Å². The first-order chi connectivity index (χ1) is 9.86. The summed E-state index contributed by atoms with van der Waals surface area (Å²) in [6.45, 7) is 5.96. The molecule has 7 nitrogen and oxygen atoms in total. The van der Waals surface area contributed by atoms with Crippen LogP contribution in [0.25, 0.3) is 0 Å². The number of rotatable bonds is 11. The fourth-order valence-electron chi connectivity index (χ4n) is 1.55. The minimum Gasteiger partial charge on any atom is -0.380 e. The molecule has 0 aliphatic carbocycles. The van der Waals surface area contributed by atoms with Crippen LogP contribution in [-0.4, -0.2) is 49.2 Å². The molecular weight excluding hydrogens is 276 g/mol. The van der Waals surface area contributed by atoms with Crippen LogP contribution >= 0.6 is 0 Å². The van der Waals surface area contributed by atoms with Crippen molar-refractivity contribution in [2.45, 2.75) is 46.1 Å². The molecule has 0 saturated heterocycles. The van der Waals surface area contributed by atoms with Crippen molar-refractivity contribution in [3.63, 3.8) is 0 Å². The van der Waals surface area contributed by atoms with Gasteiger partial charge in [-0.1, -0.05) is 6.92 Å². The Kier molecular flexibility index (Phi) is 10.0. The highest BCUT2D eigenvalue weighted by Crippen LogP contribution is 1.96. The Balaban J connectivity index is 4.02. The van der Waals surface area contributed by atoms with Crippen LogP contribution in [0, 0.1) is 0 Å². The van der Waals surface area contributed by atoms with E-state index < -0.39 is 17.9 Å². The number of amides is 2. The third kappa shape index (κ3) is 10.7. The molecule has 7 heteroatoms. The number of carbonyl (C=O) groups is 4. The van der Waals surface area contributed by atoms with Gasteiger partial charge in [-0.3, -0.25) is 19.2 Å². The van der Waals surface area contributed by atoms with Gasteiger partial charge >= 0.3 is 0 Å². The van der Waals surface area contributed by atoms with Gasteiger partial charge in [-0.05, 0) is 20.3 Å². The minimum absolute atomic E-state index is 0.0620. The highest BCUT2D eigenvalue weighted by molar-refractivity contribution is 5.99. The Hall–Kier alpha value is -1.76. The molecule has 0 aliphatic heterocycles. The van der Waals surface area contributed by atoms with Gasteiger partial charge in [0.1, 0.15) is 12.2 Å². The largest absolute Gasteiger partial charge is 0.380 e. The van der Waals surface area contributed by atoms with E-state index in [2.05, 4.69) is 10.6 Å². The van der Waals surface area contributed by atoms with Crippen LogP contribution in [-0.2, 0) is 23.9 Å². The molecule has 2 N–H and O–H groups in total. The first-order valence-electron chi connectivity index (χ1n) is 7.00. The van der Waals surface area contributed by atoms with E-state index in [9.17, 15) is 19.2 Å². The number of Topliss-reactive ketones (excluding diaryl/α,β-unsaturated/α-hetero) is 2. The van der Waals surface area contributed by atoms with Crippen molar-refractivity contribution in [1.29, 1.82) is 0 Å². The molecule has 0 saturated carbocycles. The van der Waals surface area contributed by atoms with Crippen molar-refractivity contribution in [3.8, 4) is 0 Å². The fourth-order valence-corrected chi connectivity index (χ4v) is 1.55. The van der Waals surface area contributed by atoms with E-state index in [-0.39, 0.29) is 24.4 Å². The summed E-state index contributed by atoms with van der Waals surface area (Å²) in [5, 5.41) is 4.93. The second-order valence-corrected chi connectivity index (χ2v) is 4.78. The lowest BCUT2D eigenvalue weighted by molar-refractivity contribution is -0.132. The Labute approximate surface area is 124 Å². The summed E-state index contributed by atoms with van der Waals surface area (Å²) in [6, 6.07) is -0.865. The lowest BCUT2D eigenvalue weighted by Gasteiger charge is -2.14. The first kappa shape index (κ1) is 19.2. The van der Waals surface area contributed by atoms with E-state index in [4.69, 9.17) is 4.74 Å². The van der Waals surface area contributed by atoms with Crippen LogP contribution in [0.4, 0.5) is 0 Å². The van der Waals surface area contributed by atoms with E-state index >= 15 is 0 Å².